The molecule has 14 nitrogen and oxygen atoms in total. The van der Waals surface area contributed by atoms with Gasteiger partial charge in [-0.25, -0.2) is 4.79 Å². The van der Waals surface area contributed by atoms with Crippen LogP contribution < -0.4 is 10.6 Å². The Morgan fingerprint density at radius 1 is 0.900 bits per heavy atom. The largest absolute Gasteiger partial charge is 0.479 e. The van der Waals surface area contributed by atoms with Gasteiger partial charge in [0.25, 0.3) is 0 Å². The Morgan fingerprint density at radius 2 is 1.47 bits per heavy atom. The van der Waals surface area contributed by atoms with Gasteiger partial charge in [-0.2, -0.15) is 0 Å². The summed E-state index contributed by atoms with van der Waals surface area (Å²) in [5.74, 6) is -2.93. The van der Waals surface area contributed by atoms with Crippen LogP contribution in [0.25, 0.3) is 0 Å². The molecule has 2 rings (SSSR count). The SMILES string of the molecule is CC(=O)N[C@@H]1[C@@H](O[C@H]2O[C@H](C(=O)O)[C@H](O)[C@H](O)[C@H]2NC(C)=O)[C@H](O)[C@@H](CO)O[C@@H]1O. The highest BCUT2D eigenvalue weighted by Crippen LogP contribution is 2.29. The topological polar surface area (TPSA) is 224 Å². The molecule has 0 spiro atoms. The molecule has 8 N–H and O–H groups in total. The number of nitrogens with one attached hydrogen (secondary N) is 2. The maximum atomic E-state index is 11.5. The van der Waals surface area contributed by atoms with E-state index in [0.29, 0.717) is 0 Å². The number of carbonyl (C=O) groups is 3. The zero-order valence-electron chi connectivity index (χ0n) is 16.1. The number of carboxylic acids is 1. The molecule has 10 atom stereocenters. The maximum absolute atomic E-state index is 11.5. The van der Waals surface area contributed by atoms with E-state index in [1.54, 1.807) is 0 Å². The Morgan fingerprint density at radius 3 is 1.97 bits per heavy atom. The second-order valence-electron chi connectivity index (χ2n) is 7.04. The third-order valence-electron chi connectivity index (χ3n) is 4.75. The van der Waals surface area contributed by atoms with Crippen molar-refractivity contribution in [2.24, 2.45) is 0 Å². The Balaban J connectivity index is 2.36. The standard InChI is InChI=1S/C16H26N2O12/c1-4(20)17-7-10(23)11(24)13(14(25)26)30-16(7)29-12-8(18-5(2)21)15(27)28-6(3-19)9(12)22/h6-13,15-16,19,22-24,27H,3H2,1-2H3,(H,17,20)(H,18,21)(H,25,26)/t6-,7-,8-,9-,10-,11-,12-,13+,15+,16+/m1/s1. The summed E-state index contributed by atoms with van der Waals surface area (Å²) in [5.41, 5.74) is 0. The van der Waals surface area contributed by atoms with Crippen molar-refractivity contribution in [3.05, 3.63) is 0 Å². The lowest BCUT2D eigenvalue weighted by atomic mass is 9.94. The molecule has 2 heterocycles. The Hall–Kier alpha value is -1.91. The monoisotopic (exact) mass is 438 g/mol. The van der Waals surface area contributed by atoms with Crippen LogP contribution in [0, 0.1) is 0 Å². The molecule has 0 saturated carbocycles. The van der Waals surface area contributed by atoms with Crippen LogP contribution >= 0.6 is 0 Å². The van der Waals surface area contributed by atoms with Gasteiger partial charge in [-0.15, -0.1) is 0 Å². The van der Waals surface area contributed by atoms with E-state index < -0.39 is 85.7 Å². The molecule has 172 valence electrons. The number of carbonyl (C=O) groups excluding carboxylic acids is 2. The van der Waals surface area contributed by atoms with Crippen molar-refractivity contribution in [2.75, 3.05) is 6.61 Å². The maximum Gasteiger partial charge on any atom is 0.335 e. The molecule has 2 aliphatic heterocycles. The molecule has 0 bridgehead atoms. The first kappa shape index (κ1) is 24.4. The average Bonchev–Trinajstić information content (AvgIpc) is 2.65. The van der Waals surface area contributed by atoms with Crippen molar-refractivity contribution < 1.29 is 59.2 Å². The highest BCUT2D eigenvalue weighted by atomic mass is 16.7. The molecule has 0 aromatic carbocycles. The van der Waals surface area contributed by atoms with Gasteiger partial charge < -0.3 is 55.5 Å². The summed E-state index contributed by atoms with van der Waals surface area (Å²) in [6.45, 7) is 1.48. The van der Waals surface area contributed by atoms with E-state index >= 15 is 0 Å². The third-order valence-corrected chi connectivity index (χ3v) is 4.75. The normalized spacial score (nSPS) is 41.7. The van der Waals surface area contributed by atoms with Crippen LogP contribution in [0.3, 0.4) is 0 Å². The van der Waals surface area contributed by atoms with Crippen LogP contribution in [-0.2, 0) is 28.6 Å². The Kier molecular flexibility index (Phi) is 8.06. The number of hydrogen-bond acceptors (Lipinski definition) is 11. The molecular formula is C16H26N2O12. The second-order valence-corrected chi connectivity index (χ2v) is 7.04. The fraction of sp³-hybridized carbons (Fsp3) is 0.812. The molecule has 2 fully saturated rings. The molecule has 0 aromatic rings. The van der Waals surface area contributed by atoms with Crippen molar-refractivity contribution >= 4 is 17.8 Å². The summed E-state index contributed by atoms with van der Waals surface area (Å²) < 4.78 is 15.8. The summed E-state index contributed by atoms with van der Waals surface area (Å²) in [4.78, 5) is 34.4. The van der Waals surface area contributed by atoms with Crippen molar-refractivity contribution in [2.45, 2.75) is 75.1 Å². The quantitative estimate of drug-likeness (QED) is 0.195. The van der Waals surface area contributed by atoms with Gasteiger partial charge in [-0.1, -0.05) is 0 Å². The summed E-state index contributed by atoms with van der Waals surface area (Å²) >= 11 is 0. The van der Waals surface area contributed by atoms with Crippen molar-refractivity contribution in [1.29, 1.82) is 0 Å². The Bertz CT molecular complexity index is 648. The van der Waals surface area contributed by atoms with Crippen LogP contribution in [0.2, 0.25) is 0 Å². The number of aliphatic carboxylic acids is 1. The molecule has 0 unspecified atom stereocenters. The summed E-state index contributed by atoms with van der Waals surface area (Å²) in [7, 11) is 0. The summed E-state index contributed by atoms with van der Waals surface area (Å²) in [6.07, 6.45) is -13.6. The molecule has 0 aliphatic carbocycles. The molecule has 2 aliphatic rings. The van der Waals surface area contributed by atoms with Crippen LogP contribution in [0.1, 0.15) is 13.8 Å². The lowest BCUT2D eigenvalue weighted by Gasteiger charge is -2.47. The van der Waals surface area contributed by atoms with E-state index in [1.165, 1.54) is 0 Å². The van der Waals surface area contributed by atoms with E-state index in [9.17, 15) is 45.0 Å². The van der Waals surface area contributed by atoms with Gasteiger partial charge >= 0.3 is 5.97 Å². The van der Waals surface area contributed by atoms with Gasteiger partial charge in [0.15, 0.2) is 18.7 Å². The predicted octanol–water partition coefficient (Wildman–Crippen LogP) is -5.02. The third kappa shape index (κ3) is 5.22. The number of rotatable bonds is 6. The second kappa shape index (κ2) is 9.93. The van der Waals surface area contributed by atoms with E-state index in [1.807, 2.05) is 0 Å². The molecule has 2 amide bonds. The van der Waals surface area contributed by atoms with Crippen molar-refractivity contribution in [3.63, 3.8) is 0 Å². The molecular weight excluding hydrogens is 412 g/mol. The molecule has 14 heteroatoms. The highest BCUT2D eigenvalue weighted by Gasteiger charge is 2.52. The average molecular weight is 438 g/mol. The highest BCUT2D eigenvalue weighted by molar-refractivity contribution is 5.75. The smallest absolute Gasteiger partial charge is 0.335 e. The number of ether oxygens (including phenoxy) is 3. The minimum atomic E-state index is -1.94. The minimum Gasteiger partial charge on any atom is -0.479 e. The number of amides is 2. The first-order chi connectivity index (χ1) is 14.0. The van der Waals surface area contributed by atoms with Gasteiger partial charge in [-0.3, -0.25) is 9.59 Å². The molecule has 0 radical (unpaired) electrons. The first-order valence-electron chi connectivity index (χ1n) is 9.04. The van der Waals surface area contributed by atoms with E-state index in [2.05, 4.69) is 10.6 Å². The predicted molar refractivity (Wildman–Crippen MR) is 92.4 cm³/mol. The van der Waals surface area contributed by atoms with Gasteiger partial charge in [0, 0.05) is 13.8 Å². The lowest BCUT2D eigenvalue weighted by molar-refractivity contribution is -0.319. The van der Waals surface area contributed by atoms with Gasteiger partial charge in [0.2, 0.25) is 11.8 Å². The van der Waals surface area contributed by atoms with Gasteiger partial charge in [-0.05, 0) is 0 Å². The van der Waals surface area contributed by atoms with Crippen LogP contribution in [-0.4, -0.2) is 116 Å². The van der Waals surface area contributed by atoms with Gasteiger partial charge in [0.05, 0.1) is 6.61 Å². The summed E-state index contributed by atoms with van der Waals surface area (Å²) in [5, 5.41) is 64.1. The van der Waals surface area contributed by atoms with Crippen molar-refractivity contribution in [1.82, 2.24) is 10.6 Å². The zero-order chi connectivity index (χ0) is 22.7. The van der Waals surface area contributed by atoms with Crippen LogP contribution in [0.4, 0.5) is 0 Å². The van der Waals surface area contributed by atoms with E-state index in [0.717, 1.165) is 13.8 Å². The Labute approximate surface area is 170 Å². The van der Waals surface area contributed by atoms with Crippen LogP contribution in [0.5, 0.6) is 0 Å². The number of aliphatic hydroxyl groups excluding tert-OH is 5. The fourth-order valence-electron chi connectivity index (χ4n) is 3.36. The summed E-state index contributed by atoms with van der Waals surface area (Å²) in [6, 6.07) is -2.85. The number of carboxylic acid groups (broad SMARTS) is 1. The minimum absolute atomic E-state index is 0.632. The van der Waals surface area contributed by atoms with E-state index in [-0.39, 0.29) is 0 Å². The zero-order valence-corrected chi connectivity index (χ0v) is 16.1. The molecule has 2 saturated heterocycles. The molecule has 30 heavy (non-hydrogen) atoms. The first-order valence-corrected chi connectivity index (χ1v) is 9.04. The van der Waals surface area contributed by atoms with Gasteiger partial charge in [0.1, 0.15) is 42.6 Å². The van der Waals surface area contributed by atoms with Crippen LogP contribution in [0.15, 0.2) is 0 Å². The van der Waals surface area contributed by atoms with Crippen molar-refractivity contribution in [3.8, 4) is 0 Å². The lowest BCUT2D eigenvalue weighted by Crippen LogP contribution is -2.69. The molecule has 0 aromatic heterocycles. The van der Waals surface area contributed by atoms with E-state index in [4.69, 9.17) is 14.2 Å². The fourth-order valence-corrected chi connectivity index (χ4v) is 3.36. The number of hydrogen-bond donors (Lipinski definition) is 8. The number of aliphatic hydroxyl groups is 5.